The predicted octanol–water partition coefficient (Wildman–Crippen LogP) is 3.21. The molecule has 21 heavy (non-hydrogen) atoms. The molecule has 2 heterocycles. The number of nitrogens with two attached hydrogens (primary N) is 1. The van der Waals surface area contributed by atoms with E-state index in [1.165, 1.54) is 33.3 Å². The predicted molar refractivity (Wildman–Crippen MR) is 90.3 cm³/mol. The summed E-state index contributed by atoms with van der Waals surface area (Å²) < 4.78 is 0. The van der Waals surface area contributed by atoms with Gasteiger partial charge in [0.2, 0.25) is 0 Å². The molecule has 112 valence electrons. The Morgan fingerprint density at radius 3 is 2.71 bits per heavy atom. The summed E-state index contributed by atoms with van der Waals surface area (Å²) in [6.45, 7) is 8.45. The number of aromatic amines is 1. The average Bonchev–Trinajstić information content (AvgIpc) is 2.75. The van der Waals surface area contributed by atoms with Crippen molar-refractivity contribution in [2.75, 3.05) is 13.1 Å². The Morgan fingerprint density at radius 1 is 1.24 bits per heavy atom. The molecule has 0 spiro atoms. The number of nitrogens with one attached hydrogen (secondary N) is 2. The number of hydrogen-bond donors (Lipinski definition) is 3. The average molecular weight is 283 g/mol. The zero-order chi connectivity index (χ0) is 15.0. The molecule has 0 radical (unpaired) electrons. The van der Waals surface area contributed by atoms with Crippen LogP contribution in [-0.4, -0.2) is 23.6 Å². The fourth-order valence-corrected chi connectivity index (χ4v) is 3.28. The van der Waals surface area contributed by atoms with Crippen LogP contribution in [-0.2, 0) is 6.42 Å². The standard InChI is InChI=1S/C18H25N3/c1-12-11-20-9-8-13(12)17-14-6-4-5-7-15(14)21-16(17)10-18(2,3)19/h4-7,20-21H,8-11,19H2,1-3H3. The third-order valence-corrected chi connectivity index (χ3v) is 4.18. The summed E-state index contributed by atoms with van der Waals surface area (Å²) in [6, 6.07) is 8.58. The van der Waals surface area contributed by atoms with Gasteiger partial charge in [-0.1, -0.05) is 23.8 Å². The van der Waals surface area contributed by atoms with E-state index in [4.69, 9.17) is 5.73 Å². The van der Waals surface area contributed by atoms with E-state index in [0.717, 1.165) is 25.9 Å². The zero-order valence-corrected chi connectivity index (χ0v) is 13.2. The molecule has 0 amide bonds. The smallest absolute Gasteiger partial charge is 0.0462 e. The van der Waals surface area contributed by atoms with Crippen LogP contribution in [0.5, 0.6) is 0 Å². The largest absolute Gasteiger partial charge is 0.358 e. The van der Waals surface area contributed by atoms with E-state index < -0.39 is 0 Å². The van der Waals surface area contributed by atoms with Crippen molar-refractivity contribution in [3.63, 3.8) is 0 Å². The molecule has 0 bridgehead atoms. The topological polar surface area (TPSA) is 53.8 Å². The minimum absolute atomic E-state index is 0.211. The SMILES string of the molecule is CC1=C(c2c(CC(C)(C)N)[nH]c3ccccc23)CCNC1. The van der Waals surface area contributed by atoms with E-state index >= 15 is 0 Å². The lowest BCUT2D eigenvalue weighted by Crippen LogP contribution is -2.35. The highest BCUT2D eigenvalue weighted by Gasteiger charge is 2.22. The van der Waals surface area contributed by atoms with Gasteiger partial charge >= 0.3 is 0 Å². The molecule has 0 saturated carbocycles. The lowest BCUT2D eigenvalue weighted by molar-refractivity contribution is 0.511. The monoisotopic (exact) mass is 283 g/mol. The fourth-order valence-electron chi connectivity index (χ4n) is 3.28. The van der Waals surface area contributed by atoms with Gasteiger partial charge in [-0.15, -0.1) is 0 Å². The highest BCUT2D eigenvalue weighted by atomic mass is 14.9. The van der Waals surface area contributed by atoms with Gasteiger partial charge in [0, 0.05) is 40.7 Å². The van der Waals surface area contributed by atoms with Gasteiger partial charge in [0.15, 0.2) is 0 Å². The third kappa shape index (κ3) is 2.89. The molecule has 3 heteroatoms. The van der Waals surface area contributed by atoms with E-state index in [9.17, 15) is 0 Å². The van der Waals surface area contributed by atoms with Gasteiger partial charge in [-0.2, -0.15) is 0 Å². The molecule has 0 aliphatic carbocycles. The van der Waals surface area contributed by atoms with Crippen molar-refractivity contribution in [2.24, 2.45) is 5.73 Å². The van der Waals surface area contributed by atoms with Gasteiger partial charge in [-0.3, -0.25) is 0 Å². The summed E-state index contributed by atoms with van der Waals surface area (Å²) in [5, 5.41) is 4.78. The molecule has 0 unspecified atom stereocenters. The lowest BCUT2D eigenvalue weighted by Gasteiger charge is -2.23. The van der Waals surface area contributed by atoms with Crippen molar-refractivity contribution in [1.82, 2.24) is 10.3 Å². The van der Waals surface area contributed by atoms with Crippen LogP contribution in [0.2, 0.25) is 0 Å². The van der Waals surface area contributed by atoms with E-state index in [1.807, 2.05) is 0 Å². The fraction of sp³-hybridized carbons (Fsp3) is 0.444. The van der Waals surface area contributed by atoms with Gasteiger partial charge in [0.25, 0.3) is 0 Å². The Bertz CT molecular complexity index is 686. The second kappa shape index (κ2) is 5.32. The van der Waals surface area contributed by atoms with Gasteiger partial charge in [0.05, 0.1) is 0 Å². The number of hydrogen-bond acceptors (Lipinski definition) is 2. The summed E-state index contributed by atoms with van der Waals surface area (Å²) in [7, 11) is 0. The normalized spacial score (nSPS) is 16.8. The van der Waals surface area contributed by atoms with Crippen molar-refractivity contribution < 1.29 is 0 Å². The zero-order valence-electron chi connectivity index (χ0n) is 13.2. The second-order valence-electron chi connectivity index (χ2n) is 6.88. The van der Waals surface area contributed by atoms with E-state index in [2.05, 4.69) is 55.3 Å². The maximum atomic E-state index is 6.27. The van der Waals surface area contributed by atoms with E-state index in [1.54, 1.807) is 0 Å². The number of H-pyrrole nitrogens is 1. The Morgan fingerprint density at radius 2 is 2.00 bits per heavy atom. The number of benzene rings is 1. The maximum Gasteiger partial charge on any atom is 0.0462 e. The number of fused-ring (bicyclic) bond motifs is 1. The second-order valence-corrected chi connectivity index (χ2v) is 6.88. The van der Waals surface area contributed by atoms with Crippen molar-refractivity contribution in [1.29, 1.82) is 0 Å². The minimum Gasteiger partial charge on any atom is -0.358 e. The number of rotatable bonds is 3. The van der Waals surface area contributed by atoms with Crippen molar-refractivity contribution in [3.8, 4) is 0 Å². The quantitative estimate of drug-likeness (QED) is 0.810. The van der Waals surface area contributed by atoms with Crippen molar-refractivity contribution >= 4 is 16.5 Å². The molecular weight excluding hydrogens is 258 g/mol. The molecule has 3 rings (SSSR count). The summed E-state index contributed by atoms with van der Waals surface area (Å²) in [5.41, 5.74) is 12.9. The first-order chi connectivity index (χ1) is 9.96. The molecule has 3 nitrogen and oxygen atoms in total. The van der Waals surface area contributed by atoms with Crippen LogP contribution in [0.25, 0.3) is 16.5 Å². The molecule has 0 atom stereocenters. The summed E-state index contributed by atoms with van der Waals surface area (Å²) in [5.74, 6) is 0. The van der Waals surface area contributed by atoms with Gasteiger partial charge in [-0.05, 0) is 45.4 Å². The van der Waals surface area contributed by atoms with Crippen LogP contribution >= 0.6 is 0 Å². The van der Waals surface area contributed by atoms with Crippen molar-refractivity contribution in [3.05, 3.63) is 41.1 Å². The Labute approximate surface area is 126 Å². The Kier molecular flexibility index (Phi) is 3.64. The molecule has 1 aromatic heterocycles. The van der Waals surface area contributed by atoms with Gasteiger partial charge < -0.3 is 16.0 Å². The van der Waals surface area contributed by atoms with Gasteiger partial charge in [0.1, 0.15) is 0 Å². The molecule has 2 aromatic rings. The van der Waals surface area contributed by atoms with Crippen LogP contribution < -0.4 is 11.1 Å². The molecule has 4 N–H and O–H groups in total. The Hall–Kier alpha value is -1.58. The lowest BCUT2D eigenvalue weighted by atomic mass is 9.89. The summed E-state index contributed by atoms with van der Waals surface area (Å²) in [6.07, 6.45) is 1.95. The summed E-state index contributed by atoms with van der Waals surface area (Å²) in [4.78, 5) is 3.60. The first-order valence-electron chi connectivity index (χ1n) is 7.74. The minimum atomic E-state index is -0.211. The first-order valence-corrected chi connectivity index (χ1v) is 7.74. The van der Waals surface area contributed by atoms with Crippen LogP contribution in [0.4, 0.5) is 0 Å². The maximum absolute atomic E-state index is 6.27. The van der Waals surface area contributed by atoms with Gasteiger partial charge in [-0.25, -0.2) is 0 Å². The van der Waals surface area contributed by atoms with Crippen molar-refractivity contribution in [2.45, 2.75) is 39.2 Å². The number of aromatic nitrogens is 1. The molecule has 0 fully saturated rings. The van der Waals surface area contributed by atoms with E-state index in [-0.39, 0.29) is 5.54 Å². The summed E-state index contributed by atoms with van der Waals surface area (Å²) >= 11 is 0. The molecular formula is C18H25N3. The molecule has 1 aromatic carbocycles. The van der Waals surface area contributed by atoms with Crippen LogP contribution in [0.1, 0.15) is 38.4 Å². The van der Waals surface area contributed by atoms with E-state index in [0.29, 0.717) is 0 Å². The molecule has 1 aliphatic heterocycles. The van der Waals surface area contributed by atoms with Crippen LogP contribution in [0.15, 0.2) is 29.8 Å². The first kappa shape index (κ1) is 14.4. The highest BCUT2D eigenvalue weighted by molar-refractivity contribution is 5.95. The number of para-hydroxylation sites is 1. The third-order valence-electron chi connectivity index (χ3n) is 4.18. The Balaban J connectivity index is 2.20. The van der Waals surface area contributed by atoms with Crippen LogP contribution in [0, 0.1) is 0 Å². The highest BCUT2D eigenvalue weighted by Crippen LogP contribution is 2.34. The van der Waals surface area contributed by atoms with Crippen LogP contribution in [0.3, 0.4) is 0 Å². The molecule has 0 saturated heterocycles. The molecule has 1 aliphatic rings.